The molecule has 1 aromatic rings. The minimum absolute atomic E-state index is 0.00995. The molecule has 2 atom stereocenters. The van der Waals surface area contributed by atoms with E-state index in [9.17, 15) is 13.6 Å². The van der Waals surface area contributed by atoms with Crippen LogP contribution in [0.25, 0.3) is 0 Å². The molecule has 0 aliphatic heterocycles. The number of amides is 2. The van der Waals surface area contributed by atoms with Crippen molar-refractivity contribution in [3.63, 3.8) is 0 Å². The predicted octanol–water partition coefficient (Wildman–Crippen LogP) is 2.79. The summed E-state index contributed by atoms with van der Waals surface area (Å²) in [5.41, 5.74) is 0.0145. The molecule has 1 aliphatic carbocycles. The summed E-state index contributed by atoms with van der Waals surface area (Å²) in [5, 5.41) is 14.0. The van der Waals surface area contributed by atoms with Gasteiger partial charge in [-0.2, -0.15) is 0 Å². The average molecular weight is 347 g/mol. The third-order valence-electron chi connectivity index (χ3n) is 2.96. The van der Waals surface area contributed by atoms with Crippen molar-refractivity contribution in [1.82, 2.24) is 5.32 Å². The highest BCUT2D eigenvalue weighted by atomic mass is 79.9. The number of carbonyl (C=O) groups excluding carboxylic acids is 1. The number of nitrogens with one attached hydrogen (secondary N) is 2. The molecule has 0 heterocycles. The van der Waals surface area contributed by atoms with Crippen LogP contribution in [0.5, 0.6) is 0 Å². The van der Waals surface area contributed by atoms with Crippen molar-refractivity contribution in [1.29, 1.82) is 0 Å². The van der Waals surface area contributed by atoms with Crippen LogP contribution in [0.4, 0.5) is 19.3 Å². The van der Waals surface area contributed by atoms with Crippen LogP contribution < -0.4 is 10.6 Å². The van der Waals surface area contributed by atoms with E-state index in [0.717, 1.165) is 12.1 Å². The summed E-state index contributed by atoms with van der Waals surface area (Å²) in [4.78, 5) is 11.8. The Bertz CT molecular complexity index is 551. The average Bonchev–Trinajstić information content (AvgIpc) is 2.82. The van der Waals surface area contributed by atoms with E-state index >= 15 is 0 Å². The number of anilines is 1. The van der Waals surface area contributed by atoms with Gasteiger partial charge < -0.3 is 15.7 Å². The number of hydrogen-bond donors (Lipinski definition) is 3. The molecule has 20 heavy (non-hydrogen) atoms. The molecular formula is C13H13BrF2N2O2. The van der Waals surface area contributed by atoms with Gasteiger partial charge in [-0.1, -0.05) is 12.2 Å². The maximum Gasteiger partial charge on any atom is 0.319 e. The van der Waals surface area contributed by atoms with Gasteiger partial charge in [-0.3, -0.25) is 0 Å². The summed E-state index contributed by atoms with van der Waals surface area (Å²) in [7, 11) is 0. The molecule has 1 aliphatic rings. The molecule has 108 valence electrons. The maximum absolute atomic E-state index is 13.3. The molecule has 4 nitrogen and oxygen atoms in total. The van der Waals surface area contributed by atoms with Crippen LogP contribution in [-0.2, 0) is 0 Å². The van der Waals surface area contributed by atoms with Gasteiger partial charge in [0.1, 0.15) is 11.6 Å². The van der Waals surface area contributed by atoms with Crippen LogP contribution in [0.3, 0.4) is 0 Å². The van der Waals surface area contributed by atoms with Gasteiger partial charge in [-0.15, -0.1) is 0 Å². The first-order chi connectivity index (χ1) is 9.49. The summed E-state index contributed by atoms with van der Waals surface area (Å²) in [6.07, 6.45) is 4.20. The van der Waals surface area contributed by atoms with E-state index in [2.05, 4.69) is 26.6 Å². The van der Waals surface area contributed by atoms with Gasteiger partial charge in [0.25, 0.3) is 0 Å². The third-order valence-corrected chi connectivity index (χ3v) is 3.77. The highest BCUT2D eigenvalue weighted by Gasteiger charge is 2.20. The lowest BCUT2D eigenvalue weighted by Crippen LogP contribution is -2.36. The number of urea groups is 1. The molecule has 0 fully saturated rings. The summed E-state index contributed by atoms with van der Waals surface area (Å²) in [6, 6.07) is 0.972. The smallest absolute Gasteiger partial charge is 0.319 e. The van der Waals surface area contributed by atoms with E-state index in [0.29, 0.717) is 6.42 Å². The molecular weight excluding hydrogens is 334 g/mol. The normalized spacial score (nSPS) is 21.0. The van der Waals surface area contributed by atoms with E-state index in [4.69, 9.17) is 5.11 Å². The second-order valence-electron chi connectivity index (χ2n) is 4.52. The Labute approximate surface area is 123 Å². The lowest BCUT2D eigenvalue weighted by Gasteiger charge is -2.14. The third kappa shape index (κ3) is 3.55. The highest BCUT2D eigenvalue weighted by Crippen LogP contribution is 2.26. The molecule has 2 amide bonds. The van der Waals surface area contributed by atoms with Gasteiger partial charge >= 0.3 is 6.03 Å². The lowest BCUT2D eigenvalue weighted by molar-refractivity contribution is 0.238. The first-order valence-corrected chi connectivity index (χ1v) is 6.80. The van der Waals surface area contributed by atoms with E-state index in [1.54, 1.807) is 6.08 Å². The van der Waals surface area contributed by atoms with Gasteiger partial charge in [0.05, 0.1) is 10.2 Å². The van der Waals surface area contributed by atoms with Crippen LogP contribution in [0.1, 0.15) is 6.42 Å². The Hall–Kier alpha value is -1.47. The molecule has 0 bridgehead atoms. The number of halogens is 3. The Morgan fingerprint density at radius 1 is 1.40 bits per heavy atom. The lowest BCUT2D eigenvalue weighted by atomic mass is 10.1. The fourth-order valence-electron chi connectivity index (χ4n) is 1.99. The number of benzene rings is 1. The Balaban J connectivity index is 1.97. The van der Waals surface area contributed by atoms with Crippen molar-refractivity contribution < 1.29 is 18.7 Å². The number of carbonyl (C=O) groups is 1. The number of rotatable bonds is 3. The molecule has 0 aromatic heterocycles. The second-order valence-corrected chi connectivity index (χ2v) is 5.31. The summed E-state index contributed by atoms with van der Waals surface area (Å²) < 4.78 is 26.4. The minimum atomic E-state index is -0.790. The van der Waals surface area contributed by atoms with Crippen LogP contribution in [0, 0.1) is 17.6 Å². The maximum atomic E-state index is 13.3. The molecule has 1 aromatic carbocycles. The van der Waals surface area contributed by atoms with Crippen molar-refractivity contribution >= 4 is 27.6 Å². The van der Waals surface area contributed by atoms with Crippen molar-refractivity contribution in [2.75, 3.05) is 11.9 Å². The van der Waals surface area contributed by atoms with Gasteiger partial charge in [0.2, 0.25) is 0 Å². The molecule has 0 radical (unpaired) electrons. The predicted molar refractivity (Wildman–Crippen MR) is 74.3 cm³/mol. The van der Waals surface area contributed by atoms with Crippen molar-refractivity contribution in [3.05, 3.63) is 40.4 Å². The van der Waals surface area contributed by atoms with E-state index < -0.39 is 17.7 Å². The van der Waals surface area contributed by atoms with E-state index in [1.165, 1.54) is 0 Å². The van der Waals surface area contributed by atoms with E-state index in [1.807, 2.05) is 6.08 Å². The van der Waals surface area contributed by atoms with E-state index in [-0.39, 0.29) is 28.7 Å². The molecule has 0 saturated carbocycles. The topological polar surface area (TPSA) is 61.4 Å². The molecule has 2 rings (SSSR count). The number of hydrogen-bond acceptors (Lipinski definition) is 2. The zero-order valence-corrected chi connectivity index (χ0v) is 12.0. The fourth-order valence-corrected chi connectivity index (χ4v) is 2.32. The van der Waals surface area contributed by atoms with Gasteiger partial charge in [-0.25, -0.2) is 13.6 Å². The van der Waals surface area contributed by atoms with Gasteiger partial charge in [0.15, 0.2) is 0 Å². The van der Waals surface area contributed by atoms with Crippen molar-refractivity contribution in [2.45, 2.75) is 12.5 Å². The highest BCUT2D eigenvalue weighted by molar-refractivity contribution is 9.10. The monoisotopic (exact) mass is 346 g/mol. The van der Waals surface area contributed by atoms with Crippen LogP contribution in [-0.4, -0.2) is 23.8 Å². The molecule has 0 saturated heterocycles. The molecule has 3 N–H and O–H groups in total. The van der Waals surface area contributed by atoms with Gasteiger partial charge in [0, 0.05) is 24.6 Å². The quantitative estimate of drug-likeness (QED) is 0.582. The zero-order chi connectivity index (χ0) is 14.7. The summed E-state index contributed by atoms with van der Waals surface area (Å²) in [6.45, 7) is 0.0248. The SMILES string of the molecule is O=C(Nc1cc(F)cc(F)c1Br)N[C@@H]1C=C[C@H](CO)C1. The standard InChI is InChI=1S/C13H13BrF2N2O2/c14-12-10(16)4-8(15)5-11(12)18-13(20)17-9-2-1-7(3-9)6-19/h1-2,4-5,7,9,19H,3,6H2,(H2,17,18,20)/t7-,9+/m0/s1. The zero-order valence-electron chi connectivity index (χ0n) is 10.4. The summed E-state index contributed by atoms with van der Waals surface area (Å²) >= 11 is 2.95. The van der Waals surface area contributed by atoms with Crippen LogP contribution >= 0.6 is 15.9 Å². The fraction of sp³-hybridized carbons (Fsp3) is 0.308. The Morgan fingerprint density at radius 2 is 2.15 bits per heavy atom. The first kappa shape index (κ1) is 14.9. The van der Waals surface area contributed by atoms with Gasteiger partial charge in [-0.05, 0) is 28.4 Å². The molecule has 7 heteroatoms. The number of aliphatic hydroxyl groups excluding tert-OH is 1. The molecule has 0 spiro atoms. The second kappa shape index (κ2) is 6.32. The van der Waals surface area contributed by atoms with Crippen molar-refractivity contribution in [3.8, 4) is 0 Å². The minimum Gasteiger partial charge on any atom is -0.396 e. The summed E-state index contributed by atoms with van der Waals surface area (Å²) in [5.74, 6) is -1.54. The number of aliphatic hydroxyl groups is 1. The van der Waals surface area contributed by atoms with Crippen LogP contribution in [0.2, 0.25) is 0 Å². The Kier molecular flexibility index (Phi) is 4.72. The largest absolute Gasteiger partial charge is 0.396 e. The Morgan fingerprint density at radius 3 is 2.80 bits per heavy atom. The first-order valence-electron chi connectivity index (χ1n) is 6.01. The van der Waals surface area contributed by atoms with Crippen LogP contribution in [0.15, 0.2) is 28.8 Å². The molecule has 0 unspecified atom stereocenters. The van der Waals surface area contributed by atoms with Crippen molar-refractivity contribution in [2.24, 2.45) is 5.92 Å².